The van der Waals surface area contributed by atoms with E-state index in [0.29, 0.717) is 28.7 Å². The Labute approximate surface area is 193 Å². The van der Waals surface area contributed by atoms with Gasteiger partial charge in [-0.3, -0.25) is 4.79 Å². The normalized spacial score (nSPS) is 13.7. The number of carbonyl (C=O) groups is 1. The number of nitrogens with zero attached hydrogens (tertiary/aromatic N) is 4. The zero-order valence-electron chi connectivity index (χ0n) is 18.8. The van der Waals surface area contributed by atoms with E-state index in [9.17, 15) is 4.79 Å². The Morgan fingerprint density at radius 3 is 2.52 bits per heavy atom. The molecule has 33 heavy (non-hydrogen) atoms. The number of aromatic nitrogens is 2. The van der Waals surface area contributed by atoms with Crippen molar-refractivity contribution in [2.75, 3.05) is 32.2 Å². The molecule has 3 aromatic rings. The second kappa shape index (κ2) is 10.6. The van der Waals surface area contributed by atoms with Crippen LogP contribution < -0.4 is 19.8 Å². The highest BCUT2D eigenvalue weighted by atomic mass is 16.5. The lowest BCUT2D eigenvalue weighted by molar-refractivity contribution is 0.0950. The lowest BCUT2D eigenvalue weighted by atomic mass is 10.1. The molecular weight excluding hydrogens is 418 g/mol. The van der Waals surface area contributed by atoms with Crippen LogP contribution in [0.15, 0.2) is 59.7 Å². The van der Waals surface area contributed by atoms with Gasteiger partial charge < -0.3 is 14.4 Å². The van der Waals surface area contributed by atoms with E-state index < -0.39 is 5.91 Å². The Kier molecular flexibility index (Phi) is 7.14. The molecule has 2 aromatic carbocycles. The molecule has 0 atom stereocenters. The maximum Gasteiger partial charge on any atom is 0.290 e. The summed E-state index contributed by atoms with van der Waals surface area (Å²) in [5.41, 5.74) is 5.18. The van der Waals surface area contributed by atoms with E-state index in [2.05, 4.69) is 20.4 Å². The van der Waals surface area contributed by atoms with Gasteiger partial charge in [-0.1, -0.05) is 30.3 Å². The van der Waals surface area contributed by atoms with Gasteiger partial charge in [0.25, 0.3) is 5.91 Å². The number of benzene rings is 2. The summed E-state index contributed by atoms with van der Waals surface area (Å²) in [6.07, 6.45) is 4.91. The molecule has 0 radical (unpaired) electrons. The fourth-order valence-electron chi connectivity index (χ4n) is 3.69. The molecule has 1 aliphatic heterocycles. The molecule has 8 nitrogen and oxygen atoms in total. The first kappa shape index (κ1) is 22.3. The van der Waals surface area contributed by atoms with Gasteiger partial charge in [0.1, 0.15) is 17.2 Å². The van der Waals surface area contributed by atoms with E-state index in [1.807, 2.05) is 30.3 Å². The third kappa shape index (κ3) is 5.46. The number of carbonyl (C=O) groups excluding carboxylic acids is 1. The van der Waals surface area contributed by atoms with Crippen LogP contribution in [0.2, 0.25) is 0 Å². The zero-order chi connectivity index (χ0) is 23.0. The van der Waals surface area contributed by atoms with Crippen LogP contribution in [0.4, 0.5) is 5.95 Å². The van der Waals surface area contributed by atoms with Crippen molar-refractivity contribution in [2.24, 2.45) is 5.10 Å². The lowest BCUT2D eigenvalue weighted by Crippen LogP contribution is -2.32. The number of rotatable bonds is 7. The molecule has 170 valence electrons. The third-order valence-electron chi connectivity index (χ3n) is 5.47. The zero-order valence-corrected chi connectivity index (χ0v) is 18.8. The Balaban J connectivity index is 1.58. The molecule has 1 fully saturated rings. The molecule has 0 unspecified atom stereocenters. The fraction of sp³-hybridized carbons (Fsp3) is 0.280. The van der Waals surface area contributed by atoms with Gasteiger partial charge in [-0.05, 0) is 37.5 Å². The highest BCUT2D eigenvalue weighted by Crippen LogP contribution is 2.24. The van der Waals surface area contributed by atoms with Gasteiger partial charge in [-0.15, -0.1) is 0 Å². The molecule has 0 saturated carbocycles. The van der Waals surface area contributed by atoms with E-state index >= 15 is 0 Å². The summed E-state index contributed by atoms with van der Waals surface area (Å²) in [6, 6.07) is 16.8. The molecule has 1 aromatic heterocycles. The van der Waals surface area contributed by atoms with Gasteiger partial charge in [0, 0.05) is 30.3 Å². The highest BCUT2D eigenvalue weighted by Gasteiger charge is 2.18. The van der Waals surface area contributed by atoms with Gasteiger partial charge in [0.05, 0.1) is 26.1 Å². The van der Waals surface area contributed by atoms with Gasteiger partial charge in [0.2, 0.25) is 5.95 Å². The largest absolute Gasteiger partial charge is 0.497 e. The summed E-state index contributed by atoms with van der Waals surface area (Å²) in [5, 5.41) is 4.11. The Morgan fingerprint density at radius 1 is 1.00 bits per heavy atom. The van der Waals surface area contributed by atoms with Crippen molar-refractivity contribution in [3.05, 3.63) is 65.9 Å². The van der Waals surface area contributed by atoms with Crippen LogP contribution in [0.3, 0.4) is 0 Å². The number of methoxy groups -OCH3 is 2. The summed E-state index contributed by atoms with van der Waals surface area (Å²) >= 11 is 0. The van der Waals surface area contributed by atoms with Crippen molar-refractivity contribution >= 4 is 18.1 Å². The standard InChI is InChI=1S/C25H27N5O3/c1-32-20-12-11-19(23(15-20)33-2)17-26-29-24(31)22-16-21(18-9-5-3-6-10-18)27-25(28-22)30-13-7-4-8-14-30/h3,5-6,9-12,15-17H,4,7-8,13-14H2,1-2H3,(H,29,31)/b26-17+. The van der Waals surface area contributed by atoms with E-state index in [4.69, 9.17) is 14.5 Å². The van der Waals surface area contributed by atoms with Crippen LogP contribution in [0.25, 0.3) is 11.3 Å². The van der Waals surface area contributed by atoms with E-state index in [1.54, 1.807) is 38.5 Å². The Hall–Kier alpha value is -3.94. The fourth-order valence-corrected chi connectivity index (χ4v) is 3.69. The molecule has 0 aliphatic carbocycles. The number of hydrogen-bond donors (Lipinski definition) is 1. The third-order valence-corrected chi connectivity index (χ3v) is 5.47. The summed E-state index contributed by atoms with van der Waals surface area (Å²) in [4.78, 5) is 24.4. The molecule has 4 rings (SSSR count). The topological polar surface area (TPSA) is 88.9 Å². The van der Waals surface area contributed by atoms with Crippen LogP contribution in [0.5, 0.6) is 11.5 Å². The van der Waals surface area contributed by atoms with Crippen molar-refractivity contribution < 1.29 is 14.3 Å². The van der Waals surface area contributed by atoms with E-state index in [0.717, 1.165) is 31.5 Å². The molecule has 0 spiro atoms. The number of hydrogen-bond acceptors (Lipinski definition) is 7. The number of hydrazone groups is 1. The van der Waals surface area contributed by atoms with Crippen LogP contribution in [0.1, 0.15) is 35.3 Å². The summed E-state index contributed by atoms with van der Waals surface area (Å²) < 4.78 is 10.6. The molecule has 1 amide bonds. The van der Waals surface area contributed by atoms with Gasteiger partial charge in [-0.2, -0.15) is 5.10 Å². The number of amides is 1. The van der Waals surface area contributed by atoms with Crippen molar-refractivity contribution in [3.8, 4) is 22.8 Å². The quantitative estimate of drug-likeness (QED) is 0.438. The molecule has 1 aliphatic rings. The molecule has 1 N–H and O–H groups in total. The SMILES string of the molecule is COc1ccc(/C=N/NC(=O)c2cc(-c3ccccc3)nc(N3CCCCC3)n2)c(OC)c1. The van der Waals surface area contributed by atoms with Crippen LogP contribution in [0, 0.1) is 0 Å². The second-order valence-corrected chi connectivity index (χ2v) is 7.66. The number of ether oxygens (including phenoxy) is 2. The summed E-state index contributed by atoms with van der Waals surface area (Å²) in [5.74, 6) is 1.43. The predicted octanol–water partition coefficient (Wildman–Crippen LogP) is 3.92. The van der Waals surface area contributed by atoms with Crippen molar-refractivity contribution in [2.45, 2.75) is 19.3 Å². The lowest BCUT2D eigenvalue weighted by Gasteiger charge is -2.27. The maximum absolute atomic E-state index is 12.9. The molecular formula is C25H27N5O3. The first-order valence-electron chi connectivity index (χ1n) is 10.9. The maximum atomic E-state index is 12.9. The molecule has 0 bridgehead atoms. The summed E-state index contributed by atoms with van der Waals surface area (Å²) in [6.45, 7) is 1.77. The predicted molar refractivity (Wildman–Crippen MR) is 128 cm³/mol. The highest BCUT2D eigenvalue weighted by molar-refractivity contribution is 5.94. The van der Waals surface area contributed by atoms with Crippen LogP contribution in [-0.2, 0) is 0 Å². The average Bonchev–Trinajstić information content (AvgIpc) is 2.89. The molecule has 1 saturated heterocycles. The first-order valence-corrected chi connectivity index (χ1v) is 10.9. The van der Waals surface area contributed by atoms with Crippen LogP contribution >= 0.6 is 0 Å². The monoisotopic (exact) mass is 445 g/mol. The minimum atomic E-state index is -0.406. The van der Waals surface area contributed by atoms with Crippen molar-refractivity contribution in [1.82, 2.24) is 15.4 Å². The van der Waals surface area contributed by atoms with Gasteiger partial charge in [0.15, 0.2) is 0 Å². The van der Waals surface area contributed by atoms with Gasteiger partial charge in [-0.25, -0.2) is 15.4 Å². The van der Waals surface area contributed by atoms with Gasteiger partial charge >= 0.3 is 0 Å². The second-order valence-electron chi connectivity index (χ2n) is 7.66. The molecule has 2 heterocycles. The Bertz CT molecular complexity index is 1130. The smallest absolute Gasteiger partial charge is 0.290 e. The Morgan fingerprint density at radius 2 is 1.79 bits per heavy atom. The first-order chi connectivity index (χ1) is 16.2. The van der Waals surface area contributed by atoms with Crippen LogP contribution in [-0.4, -0.2) is 49.4 Å². The van der Waals surface area contributed by atoms with E-state index in [1.165, 1.54) is 12.6 Å². The average molecular weight is 446 g/mol. The van der Waals surface area contributed by atoms with Crippen molar-refractivity contribution in [1.29, 1.82) is 0 Å². The van der Waals surface area contributed by atoms with Crippen molar-refractivity contribution in [3.63, 3.8) is 0 Å². The number of anilines is 1. The molecule has 8 heteroatoms. The number of nitrogens with one attached hydrogen (secondary N) is 1. The minimum absolute atomic E-state index is 0.267. The van der Waals surface area contributed by atoms with E-state index in [-0.39, 0.29) is 5.69 Å². The number of piperidine rings is 1. The minimum Gasteiger partial charge on any atom is -0.497 e. The summed E-state index contributed by atoms with van der Waals surface area (Å²) in [7, 11) is 3.16.